The monoisotopic (exact) mass is 249 g/mol. The number of para-hydroxylation sites is 1. The highest BCUT2D eigenvalue weighted by atomic mass is 15.2. The first kappa shape index (κ1) is 10.6. The standard InChI is InChI=1S/C16H15N3/c1-10-8-11-6-7-19-14-5-3-2-4-12(14)16(17)18-13(9-10)15(11)19/h2-5,8-9H,6-7H2,1H3,(H2,17,18). The molecule has 0 amide bonds. The van der Waals surface area contributed by atoms with Gasteiger partial charge >= 0.3 is 0 Å². The van der Waals surface area contributed by atoms with Crippen LogP contribution in [0.5, 0.6) is 0 Å². The number of hydrogen-bond donors (Lipinski definition) is 1. The lowest BCUT2D eigenvalue weighted by atomic mass is 10.1. The normalized spacial score (nSPS) is 15.6. The van der Waals surface area contributed by atoms with Gasteiger partial charge in [-0.2, -0.15) is 0 Å². The van der Waals surface area contributed by atoms with Crippen LogP contribution in [0.4, 0.5) is 17.1 Å². The van der Waals surface area contributed by atoms with Crippen molar-refractivity contribution >= 4 is 22.9 Å². The summed E-state index contributed by atoms with van der Waals surface area (Å²) in [7, 11) is 0. The fourth-order valence-corrected chi connectivity index (χ4v) is 3.12. The number of aryl methyl sites for hydroxylation is 1. The van der Waals surface area contributed by atoms with Crippen molar-refractivity contribution in [3.63, 3.8) is 0 Å². The maximum Gasteiger partial charge on any atom is 0.133 e. The summed E-state index contributed by atoms with van der Waals surface area (Å²) >= 11 is 0. The number of benzene rings is 2. The lowest BCUT2D eigenvalue weighted by Crippen LogP contribution is -2.18. The molecule has 2 aromatic rings. The Bertz CT molecular complexity index is 716. The van der Waals surface area contributed by atoms with Crippen molar-refractivity contribution in [2.45, 2.75) is 13.3 Å². The Labute approximate surface area is 112 Å². The van der Waals surface area contributed by atoms with Crippen LogP contribution in [0.15, 0.2) is 41.4 Å². The molecule has 0 saturated heterocycles. The minimum Gasteiger partial charge on any atom is -0.383 e. The predicted molar refractivity (Wildman–Crippen MR) is 78.7 cm³/mol. The quantitative estimate of drug-likeness (QED) is 0.779. The summed E-state index contributed by atoms with van der Waals surface area (Å²) in [5.41, 5.74) is 13.2. The highest BCUT2D eigenvalue weighted by Crippen LogP contribution is 2.45. The van der Waals surface area contributed by atoms with Crippen molar-refractivity contribution in [2.75, 3.05) is 11.4 Å². The molecule has 0 atom stereocenters. The van der Waals surface area contributed by atoms with Gasteiger partial charge in [-0.05, 0) is 42.7 Å². The van der Waals surface area contributed by atoms with Crippen LogP contribution in [-0.2, 0) is 6.42 Å². The zero-order chi connectivity index (χ0) is 13.0. The third kappa shape index (κ3) is 1.41. The number of amidine groups is 1. The molecule has 2 aliphatic rings. The lowest BCUT2D eigenvalue weighted by molar-refractivity contribution is 0.998. The molecular formula is C16H15N3. The van der Waals surface area contributed by atoms with Gasteiger partial charge < -0.3 is 10.6 Å². The van der Waals surface area contributed by atoms with Gasteiger partial charge in [0.05, 0.1) is 17.1 Å². The number of aliphatic imine (C=N–C) groups is 1. The zero-order valence-electron chi connectivity index (χ0n) is 10.9. The molecule has 0 spiro atoms. The van der Waals surface area contributed by atoms with Gasteiger partial charge in [-0.25, -0.2) is 4.99 Å². The van der Waals surface area contributed by atoms with Gasteiger partial charge in [0.25, 0.3) is 0 Å². The van der Waals surface area contributed by atoms with Crippen LogP contribution in [0.1, 0.15) is 16.7 Å². The molecule has 0 bridgehead atoms. The fourth-order valence-electron chi connectivity index (χ4n) is 3.12. The van der Waals surface area contributed by atoms with E-state index in [1.807, 2.05) is 12.1 Å². The molecular weight excluding hydrogens is 234 g/mol. The van der Waals surface area contributed by atoms with E-state index in [-0.39, 0.29) is 0 Å². The van der Waals surface area contributed by atoms with E-state index >= 15 is 0 Å². The summed E-state index contributed by atoms with van der Waals surface area (Å²) in [4.78, 5) is 7.00. The molecule has 0 radical (unpaired) electrons. The van der Waals surface area contributed by atoms with E-state index in [2.05, 4.69) is 41.1 Å². The Morgan fingerprint density at radius 2 is 2.05 bits per heavy atom. The van der Waals surface area contributed by atoms with Crippen LogP contribution in [0.2, 0.25) is 0 Å². The molecule has 0 aromatic heterocycles. The van der Waals surface area contributed by atoms with Gasteiger partial charge in [0, 0.05) is 12.1 Å². The van der Waals surface area contributed by atoms with Crippen LogP contribution in [0.3, 0.4) is 0 Å². The average molecular weight is 249 g/mol. The summed E-state index contributed by atoms with van der Waals surface area (Å²) in [6, 6.07) is 12.6. The topological polar surface area (TPSA) is 41.6 Å². The Morgan fingerprint density at radius 3 is 2.95 bits per heavy atom. The van der Waals surface area contributed by atoms with Crippen molar-refractivity contribution in [3.05, 3.63) is 53.1 Å². The third-order valence-corrected chi connectivity index (χ3v) is 3.90. The van der Waals surface area contributed by atoms with Gasteiger partial charge in [-0.1, -0.05) is 18.2 Å². The lowest BCUT2D eigenvalue weighted by Gasteiger charge is -2.21. The van der Waals surface area contributed by atoms with E-state index in [1.165, 1.54) is 22.5 Å². The second-order valence-electron chi connectivity index (χ2n) is 5.21. The number of hydrogen-bond acceptors (Lipinski definition) is 3. The second-order valence-corrected chi connectivity index (χ2v) is 5.21. The Hall–Kier alpha value is -2.29. The van der Waals surface area contributed by atoms with E-state index in [4.69, 9.17) is 5.73 Å². The van der Waals surface area contributed by atoms with E-state index in [9.17, 15) is 0 Å². The van der Waals surface area contributed by atoms with Gasteiger partial charge in [-0.15, -0.1) is 0 Å². The summed E-state index contributed by atoms with van der Waals surface area (Å²) < 4.78 is 0. The van der Waals surface area contributed by atoms with Crippen LogP contribution in [0, 0.1) is 6.92 Å². The highest BCUT2D eigenvalue weighted by molar-refractivity contribution is 6.07. The summed E-state index contributed by atoms with van der Waals surface area (Å²) in [5, 5.41) is 0. The molecule has 0 fully saturated rings. The van der Waals surface area contributed by atoms with E-state index in [1.54, 1.807) is 0 Å². The first-order valence-corrected chi connectivity index (χ1v) is 6.58. The molecule has 2 heterocycles. The Balaban J connectivity index is 2.08. The number of anilines is 2. The van der Waals surface area contributed by atoms with E-state index in [0.717, 1.165) is 24.2 Å². The minimum atomic E-state index is 0.609. The van der Waals surface area contributed by atoms with Gasteiger partial charge in [0.2, 0.25) is 0 Å². The first-order chi connectivity index (χ1) is 9.24. The summed E-state index contributed by atoms with van der Waals surface area (Å²) in [6.45, 7) is 3.12. The largest absolute Gasteiger partial charge is 0.383 e. The van der Waals surface area contributed by atoms with Crippen LogP contribution < -0.4 is 10.6 Å². The third-order valence-electron chi connectivity index (χ3n) is 3.90. The molecule has 0 saturated carbocycles. The number of fused-ring (bicyclic) bond motifs is 2. The highest BCUT2D eigenvalue weighted by Gasteiger charge is 2.28. The van der Waals surface area contributed by atoms with Crippen LogP contribution >= 0.6 is 0 Å². The Kier molecular flexibility index (Phi) is 2.01. The molecule has 4 rings (SSSR count). The first-order valence-electron chi connectivity index (χ1n) is 6.58. The van der Waals surface area contributed by atoms with E-state index < -0.39 is 0 Å². The summed E-state index contributed by atoms with van der Waals surface area (Å²) in [5.74, 6) is 0.609. The van der Waals surface area contributed by atoms with Crippen molar-refractivity contribution in [3.8, 4) is 0 Å². The van der Waals surface area contributed by atoms with Crippen molar-refractivity contribution in [1.82, 2.24) is 0 Å². The van der Waals surface area contributed by atoms with Crippen LogP contribution in [0.25, 0.3) is 0 Å². The zero-order valence-corrected chi connectivity index (χ0v) is 10.9. The van der Waals surface area contributed by atoms with Crippen molar-refractivity contribution < 1.29 is 0 Å². The van der Waals surface area contributed by atoms with E-state index in [0.29, 0.717) is 5.84 Å². The molecule has 0 unspecified atom stereocenters. The van der Waals surface area contributed by atoms with Gasteiger partial charge in [-0.3, -0.25) is 0 Å². The Morgan fingerprint density at radius 1 is 1.21 bits per heavy atom. The molecule has 94 valence electrons. The van der Waals surface area contributed by atoms with Crippen molar-refractivity contribution in [2.24, 2.45) is 10.7 Å². The smallest absolute Gasteiger partial charge is 0.133 e. The van der Waals surface area contributed by atoms with Gasteiger partial charge in [0.15, 0.2) is 0 Å². The maximum atomic E-state index is 6.17. The number of nitrogens with zero attached hydrogens (tertiary/aromatic N) is 2. The number of nitrogens with two attached hydrogens (primary N) is 1. The van der Waals surface area contributed by atoms with Crippen LogP contribution in [-0.4, -0.2) is 12.4 Å². The maximum absolute atomic E-state index is 6.17. The second kappa shape index (κ2) is 3.60. The molecule has 0 aliphatic carbocycles. The summed E-state index contributed by atoms with van der Waals surface area (Å²) in [6.07, 6.45) is 1.08. The molecule has 2 aliphatic heterocycles. The van der Waals surface area contributed by atoms with Gasteiger partial charge in [0.1, 0.15) is 5.84 Å². The van der Waals surface area contributed by atoms with Crippen molar-refractivity contribution in [1.29, 1.82) is 0 Å². The SMILES string of the molecule is Cc1cc2c3c(c1)N=C(N)c1ccccc1N3CC2. The molecule has 2 N–H and O–H groups in total. The molecule has 3 heteroatoms. The minimum absolute atomic E-state index is 0.609. The number of rotatable bonds is 0. The molecule has 3 nitrogen and oxygen atoms in total. The average Bonchev–Trinajstić information content (AvgIpc) is 2.77. The molecule has 19 heavy (non-hydrogen) atoms. The molecule has 2 aromatic carbocycles. The predicted octanol–water partition coefficient (Wildman–Crippen LogP) is 3.04. The fraction of sp³-hybridized carbons (Fsp3) is 0.188.